The minimum Gasteiger partial charge on any atom is -0.319 e. The standard InChI is InChI=1S/C16H34N2/c1-6-10-18(14(2)3)13-16(12-17-5)9-7-8-15(4)11-16/h14-15,17H,6-13H2,1-5H3. The largest absolute Gasteiger partial charge is 0.319 e. The molecule has 1 aliphatic carbocycles. The number of hydrogen-bond donors (Lipinski definition) is 1. The van der Waals surface area contributed by atoms with Gasteiger partial charge in [-0.3, -0.25) is 0 Å². The van der Waals surface area contributed by atoms with Gasteiger partial charge < -0.3 is 10.2 Å². The van der Waals surface area contributed by atoms with Gasteiger partial charge in [-0.05, 0) is 58.0 Å². The summed E-state index contributed by atoms with van der Waals surface area (Å²) in [4.78, 5) is 2.69. The van der Waals surface area contributed by atoms with E-state index in [1.54, 1.807) is 0 Å². The molecule has 2 unspecified atom stereocenters. The van der Waals surface area contributed by atoms with Crippen molar-refractivity contribution in [3.8, 4) is 0 Å². The molecule has 0 aromatic rings. The highest BCUT2D eigenvalue weighted by atomic mass is 15.2. The molecule has 1 aliphatic rings. The minimum absolute atomic E-state index is 0.520. The third-order valence-electron chi connectivity index (χ3n) is 4.52. The van der Waals surface area contributed by atoms with E-state index < -0.39 is 0 Å². The van der Waals surface area contributed by atoms with E-state index in [1.165, 1.54) is 51.7 Å². The summed E-state index contributed by atoms with van der Waals surface area (Å²) in [6.45, 7) is 13.1. The Morgan fingerprint density at radius 3 is 2.61 bits per heavy atom. The molecule has 2 heteroatoms. The van der Waals surface area contributed by atoms with Gasteiger partial charge in [-0.2, -0.15) is 0 Å². The van der Waals surface area contributed by atoms with E-state index >= 15 is 0 Å². The molecule has 1 rings (SSSR count). The second-order valence-corrected chi connectivity index (χ2v) is 6.80. The highest BCUT2D eigenvalue weighted by Crippen LogP contribution is 2.39. The molecule has 1 saturated carbocycles. The number of nitrogens with zero attached hydrogens (tertiary/aromatic N) is 1. The van der Waals surface area contributed by atoms with Gasteiger partial charge in [0.15, 0.2) is 0 Å². The third-order valence-corrected chi connectivity index (χ3v) is 4.52. The monoisotopic (exact) mass is 254 g/mol. The maximum atomic E-state index is 3.46. The molecule has 0 bridgehead atoms. The van der Waals surface area contributed by atoms with Gasteiger partial charge in [0.2, 0.25) is 0 Å². The number of rotatable bonds is 7. The highest BCUT2D eigenvalue weighted by Gasteiger charge is 2.36. The van der Waals surface area contributed by atoms with Crippen LogP contribution in [0.5, 0.6) is 0 Å². The first-order valence-electron chi connectivity index (χ1n) is 7.91. The van der Waals surface area contributed by atoms with E-state index in [0.29, 0.717) is 11.5 Å². The van der Waals surface area contributed by atoms with Gasteiger partial charge in [-0.25, -0.2) is 0 Å². The molecule has 2 atom stereocenters. The third kappa shape index (κ3) is 4.55. The van der Waals surface area contributed by atoms with Crippen molar-refractivity contribution in [1.82, 2.24) is 10.2 Å². The molecule has 0 spiro atoms. The fourth-order valence-corrected chi connectivity index (χ4v) is 3.74. The summed E-state index contributed by atoms with van der Waals surface area (Å²) in [5, 5.41) is 3.46. The summed E-state index contributed by atoms with van der Waals surface area (Å²) in [6.07, 6.45) is 6.93. The van der Waals surface area contributed by atoms with Crippen molar-refractivity contribution in [3.05, 3.63) is 0 Å². The number of nitrogens with one attached hydrogen (secondary N) is 1. The predicted molar refractivity (Wildman–Crippen MR) is 81.0 cm³/mol. The van der Waals surface area contributed by atoms with Crippen LogP contribution in [0.3, 0.4) is 0 Å². The quantitative estimate of drug-likeness (QED) is 0.748. The molecule has 108 valence electrons. The first-order valence-corrected chi connectivity index (χ1v) is 7.91. The summed E-state index contributed by atoms with van der Waals surface area (Å²) in [5.41, 5.74) is 0.520. The summed E-state index contributed by atoms with van der Waals surface area (Å²) >= 11 is 0. The van der Waals surface area contributed by atoms with Crippen LogP contribution in [0.15, 0.2) is 0 Å². The fraction of sp³-hybridized carbons (Fsp3) is 1.00. The van der Waals surface area contributed by atoms with E-state index in [9.17, 15) is 0 Å². The first-order chi connectivity index (χ1) is 8.53. The Hall–Kier alpha value is -0.0800. The fourth-order valence-electron chi connectivity index (χ4n) is 3.74. The van der Waals surface area contributed by atoms with Gasteiger partial charge in [0.05, 0.1) is 0 Å². The Labute approximate surface area is 115 Å². The topological polar surface area (TPSA) is 15.3 Å². The molecule has 0 aromatic carbocycles. The van der Waals surface area contributed by atoms with Gasteiger partial charge in [-0.15, -0.1) is 0 Å². The smallest absolute Gasteiger partial charge is 0.00529 e. The normalized spacial score (nSPS) is 29.2. The maximum Gasteiger partial charge on any atom is 0.00529 e. The van der Waals surface area contributed by atoms with Crippen molar-refractivity contribution in [1.29, 1.82) is 0 Å². The van der Waals surface area contributed by atoms with Crippen molar-refractivity contribution >= 4 is 0 Å². The molecule has 0 aromatic heterocycles. The Balaban J connectivity index is 2.70. The van der Waals surface area contributed by atoms with Crippen molar-refractivity contribution in [2.24, 2.45) is 11.3 Å². The molecule has 1 fully saturated rings. The molecule has 0 amide bonds. The van der Waals surface area contributed by atoms with Crippen molar-refractivity contribution in [2.75, 3.05) is 26.7 Å². The summed E-state index contributed by atoms with van der Waals surface area (Å²) in [6, 6.07) is 0.677. The lowest BCUT2D eigenvalue weighted by atomic mass is 9.69. The average molecular weight is 254 g/mol. The van der Waals surface area contributed by atoms with Crippen LogP contribution in [-0.2, 0) is 0 Å². The van der Waals surface area contributed by atoms with Crippen LogP contribution in [0.2, 0.25) is 0 Å². The molecule has 0 aliphatic heterocycles. The average Bonchev–Trinajstić information content (AvgIpc) is 2.28. The van der Waals surface area contributed by atoms with Crippen molar-refractivity contribution in [2.45, 2.75) is 65.8 Å². The maximum absolute atomic E-state index is 3.46. The number of hydrogen-bond acceptors (Lipinski definition) is 2. The highest BCUT2D eigenvalue weighted by molar-refractivity contribution is 4.90. The molecule has 0 radical (unpaired) electrons. The predicted octanol–water partition coefficient (Wildman–Crippen LogP) is 3.52. The van der Waals surface area contributed by atoms with E-state index in [2.05, 4.69) is 45.0 Å². The zero-order valence-electron chi connectivity index (χ0n) is 13.3. The van der Waals surface area contributed by atoms with Crippen molar-refractivity contribution in [3.63, 3.8) is 0 Å². The Morgan fingerprint density at radius 1 is 1.39 bits per heavy atom. The Kier molecular flexibility index (Phi) is 6.65. The molecular formula is C16H34N2. The zero-order chi connectivity index (χ0) is 13.6. The van der Waals surface area contributed by atoms with Crippen LogP contribution in [0.4, 0.5) is 0 Å². The van der Waals surface area contributed by atoms with Crippen LogP contribution in [0, 0.1) is 11.3 Å². The second kappa shape index (κ2) is 7.49. The summed E-state index contributed by atoms with van der Waals surface area (Å²) < 4.78 is 0. The molecule has 1 N–H and O–H groups in total. The van der Waals surface area contributed by atoms with E-state index in [-0.39, 0.29) is 0 Å². The molecule has 0 heterocycles. The van der Waals surface area contributed by atoms with Gasteiger partial charge in [-0.1, -0.05) is 26.7 Å². The molecule has 0 saturated heterocycles. The lowest BCUT2D eigenvalue weighted by Crippen LogP contribution is -2.48. The summed E-state index contributed by atoms with van der Waals surface area (Å²) in [7, 11) is 2.11. The van der Waals surface area contributed by atoms with Crippen LogP contribution in [0.25, 0.3) is 0 Å². The first kappa shape index (κ1) is 16.0. The van der Waals surface area contributed by atoms with Gasteiger partial charge in [0, 0.05) is 19.1 Å². The van der Waals surface area contributed by atoms with E-state index in [1.807, 2.05) is 0 Å². The van der Waals surface area contributed by atoms with Crippen LogP contribution in [0.1, 0.15) is 59.8 Å². The Bertz CT molecular complexity index is 223. The minimum atomic E-state index is 0.520. The van der Waals surface area contributed by atoms with Gasteiger partial charge in [0.25, 0.3) is 0 Å². The van der Waals surface area contributed by atoms with E-state index in [4.69, 9.17) is 0 Å². The second-order valence-electron chi connectivity index (χ2n) is 6.80. The molecular weight excluding hydrogens is 220 g/mol. The van der Waals surface area contributed by atoms with Crippen molar-refractivity contribution < 1.29 is 0 Å². The van der Waals surface area contributed by atoms with Gasteiger partial charge >= 0.3 is 0 Å². The van der Waals surface area contributed by atoms with Gasteiger partial charge in [0.1, 0.15) is 0 Å². The Morgan fingerprint density at radius 2 is 2.11 bits per heavy atom. The van der Waals surface area contributed by atoms with Crippen LogP contribution in [-0.4, -0.2) is 37.6 Å². The lowest BCUT2D eigenvalue weighted by molar-refractivity contribution is 0.0664. The zero-order valence-corrected chi connectivity index (χ0v) is 13.3. The summed E-state index contributed by atoms with van der Waals surface area (Å²) in [5.74, 6) is 0.905. The lowest BCUT2D eigenvalue weighted by Gasteiger charge is -2.44. The van der Waals surface area contributed by atoms with Crippen LogP contribution < -0.4 is 5.32 Å². The van der Waals surface area contributed by atoms with E-state index in [0.717, 1.165) is 5.92 Å². The SMILES string of the molecule is CCCN(CC1(CNC)CCCC(C)C1)C(C)C. The molecule has 2 nitrogen and oxygen atoms in total. The van der Waals surface area contributed by atoms with Crippen LogP contribution >= 0.6 is 0 Å². The molecule has 18 heavy (non-hydrogen) atoms.